The lowest BCUT2D eigenvalue weighted by atomic mass is 10.1. The Morgan fingerprint density at radius 3 is 3.09 bits per heavy atom. The standard InChI is InChI=1S/C16H18N4OS/c1-11-2-3-12-9-14(22-13(12)8-11)16(21)20-7-6-19-15-10-17-4-5-18-15/h2-5,8,10,14H,6-7,9H2,1H3,(H,18,19)(H,20,21). The zero-order valence-corrected chi connectivity index (χ0v) is 13.2. The number of carbonyl (C=O) groups excluding carboxylic acids is 1. The van der Waals surface area contributed by atoms with Crippen LogP contribution in [0.3, 0.4) is 0 Å². The summed E-state index contributed by atoms with van der Waals surface area (Å²) in [5.74, 6) is 0.815. The van der Waals surface area contributed by atoms with Gasteiger partial charge in [0.25, 0.3) is 0 Å². The van der Waals surface area contributed by atoms with Gasteiger partial charge in [0, 0.05) is 30.4 Å². The molecule has 1 aliphatic rings. The SMILES string of the molecule is Cc1ccc2c(c1)SC(C(=O)NCCNc1cnccn1)C2. The molecule has 1 amide bonds. The number of carbonyl (C=O) groups is 1. The van der Waals surface area contributed by atoms with Crippen molar-refractivity contribution in [3.05, 3.63) is 47.9 Å². The third-order valence-electron chi connectivity index (χ3n) is 3.48. The van der Waals surface area contributed by atoms with Crippen LogP contribution in [0, 0.1) is 6.92 Å². The summed E-state index contributed by atoms with van der Waals surface area (Å²) in [6, 6.07) is 6.38. The summed E-state index contributed by atoms with van der Waals surface area (Å²) in [6.07, 6.45) is 5.73. The maximum atomic E-state index is 12.2. The van der Waals surface area contributed by atoms with E-state index in [-0.39, 0.29) is 11.2 Å². The highest BCUT2D eigenvalue weighted by Gasteiger charge is 2.27. The number of anilines is 1. The molecule has 114 valence electrons. The van der Waals surface area contributed by atoms with E-state index in [1.165, 1.54) is 16.0 Å². The van der Waals surface area contributed by atoms with E-state index in [1.807, 2.05) is 0 Å². The number of aromatic nitrogens is 2. The second kappa shape index (κ2) is 6.79. The number of fused-ring (bicyclic) bond motifs is 1. The van der Waals surface area contributed by atoms with Gasteiger partial charge in [0.2, 0.25) is 5.91 Å². The first-order valence-corrected chi connectivity index (χ1v) is 8.14. The third-order valence-corrected chi connectivity index (χ3v) is 4.78. The molecule has 0 saturated heterocycles. The molecule has 1 atom stereocenters. The highest BCUT2D eigenvalue weighted by molar-refractivity contribution is 8.01. The minimum Gasteiger partial charge on any atom is -0.367 e. The summed E-state index contributed by atoms with van der Waals surface area (Å²) in [5, 5.41) is 6.07. The highest BCUT2D eigenvalue weighted by Crippen LogP contribution is 2.37. The number of thioether (sulfide) groups is 1. The summed E-state index contributed by atoms with van der Waals surface area (Å²) in [5.41, 5.74) is 2.51. The van der Waals surface area contributed by atoms with Gasteiger partial charge in [-0.1, -0.05) is 17.7 Å². The third kappa shape index (κ3) is 3.57. The molecule has 1 aromatic carbocycles. The Labute approximate surface area is 133 Å². The summed E-state index contributed by atoms with van der Waals surface area (Å²) in [4.78, 5) is 21.6. The Balaban J connectivity index is 1.44. The molecule has 5 nitrogen and oxygen atoms in total. The van der Waals surface area contributed by atoms with Crippen molar-refractivity contribution in [1.29, 1.82) is 0 Å². The van der Waals surface area contributed by atoms with Crippen LogP contribution >= 0.6 is 11.8 Å². The van der Waals surface area contributed by atoms with E-state index < -0.39 is 0 Å². The van der Waals surface area contributed by atoms with Gasteiger partial charge in [-0.05, 0) is 25.0 Å². The van der Waals surface area contributed by atoms with Gasteiger partial charge < -0.3 is 10.6 Å². The minimum atomic E-state index is -0.0201. The molecule has 0 aliphatic carbocycles. The Morgan fingerprint density at radius 2 is 2.27 bits per heavy atom. The fourth-order valence-corrected chi connectivity index (χ4v) is 3.68. The Kier molecular flexibility index (Phi) is 4.58. The number of nitrogens with zero attached hydrogens (tertiary/aromatic N) is 2. The van der Waals surface area contributed by atoms with Crippen molar-refractivity contribution in [2.75, 3.05) is 18.4 Å². The van der Waals surface area contributed by atoms with Gasteiger partial charge >= 0.3 is 0 Å². The number of rotatable bonds is 5. The number of aryl methyl sites for hydroxylation is 1. The van der Waals surface area contributed by atoms with Crippen LogP contribution in [0.25, 0.3) is 0 Å². The molecule has 3 rings (SSSR count). The van der Waals surface area contributed by atoms with Crippen LogP contribution in [0.5, 0.6) is 0 Å². The van der Waals surface area contributed by atoms with E-state index in [2.05, 4.69) is 45.7 Å². The van der Waals surface area contributed by atoms with Crippen molar-refractivity contribution < 1.29 is 4.79 Å². The number of benzene rings is 1. The molecular weight excluding hydrogens is 296 g/mol. The average Bonchev–Trinajstić information content (AvgIpc) is 2.95. The van der Waals surface area contributed by atoms with E-state index >= 15 is 0 Å². The molecule has 1 unspecified atom stereocenters. The molecule has 2 heterocycles. The first-order valence-electron chi connectivity index (χ1n) is 7.26. The lowest BCUT2D eigenvalue weighted by Gasteiger charge is -2.10. The Hall–Kier alpha value is -2.08. The first kappa shape index (κ1) is 14.8. The maximum absolute atomic E-state index is 12.2. The van der Waals surface area contributed by atoms with Crippen molar-refractivity contribution in [1.82, 2.24) is 15.3 Å². The minimum absolute atomic E-state index is 0.0201. The second-order valence-electron chi connectivity index (χ2n) is 5.23. The largest absolute Gasteiger partial charge is 0.367 e. The van der Waals surface area contributed by atoms with Crippen molar-refractivity contribution >= 4 is 23.5 Å². The van der Waals surface area contributed by atoms with Crippen molar-refractivity contribution in [3.8, 4) is 0 Å². The first-order chi connectivity index (χ1) is 10.7. The summed E-state index contributed by atoms with van der Waals surface area (Å²) >= 11 is 1.66. The lowest BCUT2D eigenvalue weighted by Crippen LogP contribution is -2.35. The molecule has 0 bridgehead atoms. The summed E-state index contributed by atoms with van der Waals surface area (Å²) < 4.78 is 0. The number of hydrogen-bond donors (Lipinski definition) is 2. The smallest absolute Gasteiger partial charge is 0.233 e. The predicted molar refractivity (Wildman–Crippen MR) is 88.1 cm³/mol. The van der Waals surface area contributed by atoms with Crippen LogP contribution < -0.4 is 10.6 Å². The molecule has 2 aromatic rings. The van der Waals surface area contributed by atoms with Gasteiger partial charge in [0.05, 0.1) is 11.4 Å². The van der Waals surface area contributed by atoms with Crippen LogP contribution in [-0.4, -0.2) is 34.2 Å². The predicted octanol–water partition coefficient (Wildman–Crippen LogP) is 2.03. The van der Waals surface area contributed by atoms with Crippen molar-refractivity contribution in [3.63, 3.8) is 0 Å². The quantitative estimate of drug-likeness (QED) is 0.827. The van der Waals surface area contributed by atoms with Crippen LogP contribution in [-0.2, 0) is 11.2 Å². The van der Waals surface area contributed by atoms with Gasteiger partial charge in [0.1, 0.15) is 5.82 Å². The van der Waals surface area contributed by atoms with E-state index in [4.69, 9.17) is 0 Å². The fourth-order valence-electron chi connectivity index (χ4n) is 2.36. The molecule has 0 saturated carbocycles. The van der Waals surface area contributed by atoms with Crippen LogP contribution in [0.4, 0.5) is 5.82 Å². The molecule has 0 spiro atoms. The number of nitrogens with one attached hydrogen (secondary N) is 2. The average molecular weight is 314 g/mol. The molecule has 22 heavy (non-hydrogen) atoms. The van der Waals surface area contributed by atoms with Gasteiger partial charge in [-0.25, -0.2) is 4.98 Å². The summed E-state index contributed by atoms with van der Waals surface area (Å²) in [6.45, 7) is 3.28. The summed E-state index contributed by atoms with van der Waals surface area (Å²) in [7, 11) is 0. The lowest BCUT2D eigenvalue weighted by molar-refractivity contribution is -0.120. The normalized spacial score (nSPS) is 16.1. The number of amides is 1. The van der Waals surface area contributed by atoms with E-state index in [0.29, 0.717) is 13.1 Å². The molecule has 0 fully saturated rings. The topological polar surface area (TPSA) is 66.9 Å². The Morgan fingerprint density at radius 1 is 1.36 bits per heavy atom. The van der Waals surface area contributed by atoms with E-state index in [0.717, 1.165) is 12.2 Å². The highest BCUT2D eigenvalue weighted by atomic mass is 32.2. The van der Waals surface area contributed by atoms with Gasteiger partial charge in [-0.2, -0.15) is 0 Å². The van der Waals surface area contributed by atoms with Crippen molar-refractivity contribution in [2.24, 2.45) is 0 Å². The molecular formula is C16H18N4OS. The van der Waals surface area contributed by atoms with Gasteiger partial charge in [-0.15, -0.1) is 11.8 Å². The van der Waals surface area contributed by atoms with Crippen LogP contribution in [0.2, 0.25) is 0 Å². The Bertz CT molecular complexity index is 662. The number of hydrogen-bond acceptors (Lipinski definition) is 5. The molecule has 1 aromatic heterocycles. The molecule has 0 radical (unpaired) electrons. The van der Waals surface area contributed by atoms with Gasteiger partial charge in [-0.3, -0.25) is 9.78 Å². The second-order valence-corrected chi connectivity index (χ2v) is 6.47. The monoisotopic (exact) mass is 314 g/mol. The fraction of sp³-hybridized carbons (Fsp3) is 0.312. The van der Waals surface area contributed by atoms with Crippen LogP contribution in [0.1, 0.15) is 11.1 Å². The van der Waals surface area contributed by atoms with Gasteiger partial charge in [0.15, 0.2) is 0 Å². The zero-order valence-electron chi connectivity index (χ0n) is 12.4. The van der Waals surface area contributed by atoms with Crippen LogP contribution in [0.15, 0.2) is 41.7 Å². The molecule has 2 N–H and O–H groups in total. The molecule has 6 heteroatoms. The van der Waals surface area contributed by atoms with E-state index in [9.17, 15) is 4.79 Å². The van der Waals surface area contributed by atoms with E-state index in [1.54, 1.807) is 30.4 Å². The molecule has 1 aliphatic heterocycles. The zero-order chi connectivity index (χ0) is 15.4. The maximum Gasteiger partial charge on any atom is 0.233 e. The van der Waals surface area contributed by atoms with Crippen molar-refractivity contribution in [2.45, 2.75) is 23.5 Å².